The van der Waals surface area contributed by atoms with E-state index in [9.17, 15) is 24.4 Å². The fourth-order valence-corrected chi connectivity index (χ4v) is 9.20. The van der Waals surface area contributed by atoms with Gasteiger partial charge in [-0.25, -0.2) is 0 Å². The summed E-state index contributed by atoms with van der Waals surface area (Å²) < 4.78 is 6.25. The molecule has 3 amide bonds. The number of anilines is 1. The first-order valence-corrected chi connectivity index (χ1v) is 21.2. The summed E-state index contributed by atoms with van der Waals surface area (Å²) in [7, 11) is -1.50. The third kappa shape index (κ3) is 9.31. The van der Waals surface area contributed by atoms with Crippen LogP contribution in [0.3, 0.4) is 0 Å². The van der Waals surface area contributed by atoms with E-state index in [2.05, 4.69) is 69.4 Å². The van der Waals surface area contributed by atoms with Crippen molar-refractivity contribution in [1.29, 1.82) is 0 Å². The summed E-state index contributed by atoms with van der Waals surface area (Å²) in [6, 6.07) is 31.7. The van der Waals surface area contributed by atoms with E-state index in [1.54, 1.807) is 17.0 Å². The van der Waals surface area contributed by atoms with Gasteiger partial charge < -0.3 is 29.5 Å². The van der Waals surface area contributed by atoms with Gasteiger partial charge in [-0.3, -0.25) is 24.6 Å². The zero-order chi connectivity index (χ0) is 40.9. The smallest absolute Gasteiger partial charge is 0.488 e. The van der Waals surface area contributed by atoms with Gasteiger partial charge in [0.15, 0.2) is 0 Å². The molecule has 0 bridgehead atoms. The van der Waals surface area contributed by atoms with Gasteiger partial charge in [-0.15, -0.1) is 0 Å². The largest absolute Gasteiger partial charge is 0.492 e. The first-order valence-electron chi connectivity index (χ1n) is 21.2. The molecule has 1 atom stereocenters. The SMILES string of the molecule is CC/C(=C(\c1ccc(OCCN2CCN(CC3CCN(c4ccc5c(c4)CN([C@H]4CCC(=O)NC4=O)C5=O)CC3)CC2)cc1)c1ccc(B(O)O)cc1)c1ccccc1. The summed E-state index contributed by atoms with van der Waals surface area (Å²) >= 11 is 0. The van der Waals surface area contributed by atoms with Crippen LogP contribution in [0.4, 0.5) is 5.69 Å². The summed E-state index contributed by atoms with van der Waals surface area (Å²) in [6.07, 6.45) is 3.74. The van der Waals surface area contributed by atoms with Crippen molar-refractivity contribution in [2.45, 2.75) is 51.6 Å². The number of piperidine rings is 2. The number of benzene rings is 4. The maximum atomic E-state index is 13.1. The molecule has 3 saturated heterocycles. The molecule has 0 spiro atoms. The second kappa shape index (κ2) is 18.3. The van der Waals surface area contributed by atoms with E-state index in [0.717, 1.165) is 111 Å². The number of carbonyl (C=O) groups is 3. The summed E-state index contributed by atoms with van der Waals surface area (Å²) in [6.45, 7) is 11.4. The van der Waals surface area contributed by atoms with Crippen molar-refractivity contribution in [2.75, 3.05) is 63.9 Å². The number of imide groups is 1. The third-order valence-electron chi connectivity index (χ3n) is 12.6. The van der Waals surface area contributed by atoms with Gasteiger partial charge in [0.25, 0.3) is 5.91 Å². The van der Waals surface area contributed by atoms with E-state index in [1.807, 2.05) is 42.5 Å². The van der Waals surface area contributed by atoms with Crippen LogP contribution in [0.25, 0.3) is 11.1 Å². The van der Waals surface area contributed by atoms with Gasteiger partial charge in [0.2, 0.25) is 11.8 Å². The van der Waals surface area contributed by atoms with Gasteiger partial charge in [-0.1, -0.05) is 73.7 Å². The Morgan fingerprint density at radius 1 is 0.780 bits per heavy atom. The maximum absolute atomic E-state index is 13.1. The second-order valence-electron chi connectivity index (χ2n) is 16.3. The molecular formula is C47H54BN5O6. The number of piperazine rings is 1. The molecule has 11 nitrogen and oxygen atoms in total. The maximum Gasteiger partial charge on any atom is 0.488 e. The van der Waals surface area contributed by atoms with Gasteiger partial charge >= 0.3 is 7.12 Å². The van der Waals surface area contributed by atoms with Crippen molar-refractivity contribution in [3.63, 3.8) is 0 Å². The number of fused-ring (bicyclic) bond motifs is 1. The number of carbonyl (C=O) groups excluding carboxylic acids is 3. The van der Waals surface area contributed by atoms with Crippen molar-refractivity contribution in [3.8, 4) is 5.75 Å². The van der Waals surface area contributed by atoms with E-state index < -0.39 is 13.2 Å². The Balaban J connectivity index is 0.785. The van der Waals surface area contributed by atoms with Gasteiger partial charge in [-0.05, 0) is 101 Å². The molecule has 12 heteroatoms. The Kier molecular flexibility index (Phi) is 12.6. The van der Waals surface area contributed by atoms with Gasteiger partial charge in [-0.2, -0.15) is 0 Å². The van der Waals surface area contributed by atoms with E-state index in [-0.39, 0.29) is 24.1 Å². The summed E-state index contributed by atoms with van der Waals surface area (Å²) in [5.74, 6) is 0.729. The Labute approximate surface area is 347 Å². The zero-order valence-electron chi connectivity index (χ0n) is 33.9. The van der Waals surface area contributed by atoms with Gasteiger partial charge in [0.05, 0.1) is 0 Å². The molecule has 0 aliphatic carbocycles. The normalized spacial score (nSPS) is 19.7. The minimum absolute atomic E-state index is 0.127. The molecule has 3 fully saturated rings. The number of rotatable bonds is 13. The lowest BCUT2D eigenvalue weighted by Crippen LogP contribution is -2.52. The molecule has 0 saturated carbocycles. The molecular weight excluding hydrogens is 741 g/mol. The molecule has 3 N–H and O–H groups in total. The fraction of sp³-hybridized carbons (Fsp3) is 0.383. The molecule has 0 unspecified atom stereocenters. The molecule has 4 aromatic carbocycles. The predicted molar refractivity (Wildman–Crippen MR) is 231 cm³/mol. The topological polar surface area (TPSA) is 126 Å². The van der Waals surface area contributed by atoms with Crippen LogP contribution in [0, 0.1) is 5.92 Å². The van der Waals surface area contributed by atoms with Crippen LogP contribution in [-0.2, 0) is 16.1 Å². The quantitative estimate of drug-likeness (QED) is 0.103. The molecule has 4 aromatic rings. The minimum Gasteiger partial charge on any atom is -0.492 e. The number of amides is 3. The molecule has 8 rings (SSSR count). The Morgan fingerprint density at radius 3 is 2.12 bits per heavy atom. The molecule has 4 heterocycles. The molecule has 0 aromatic heterocycles. The van der Waals surface area contributed by atoms with Crippen molar-refractivity contribution in [3.05, 3.63) is 125 Å². The van der Waals surface area contributed by atoms with Crippen LogP contribution in [0.2, 0.25) is 0 Å². The Bertz CT molecular complexity index is 2150. The van der Waals surface area contributed by atoms with Crippen LogP contribution >= 0.6 is 0 Å². The van der Waals surface area contributed by atoms with Crippen LogP contribution in [0.5, 0.6) is 5.75 Å². The highest BCUT2D eigenvalue weighted by molar-refractivity contribution is 6.58. The Hall–Kier alpha value is -5.27. The summed E-state index contributed by atoms with van der Waals surface area (Å²) in [5.41, 5.74) is 8.82. The number of hydrogen-bond acceptors (Lipinski definition) is 9. The average molecular weight is 796 g/mol. The lowest BCUT2D eigenvalue weighted by molar-refractivity contribution is -0.136. The molecule has 4 aliphatic rings. The Morgan fingerprint density at radius 2 is 1.46 bits per heavy atom. The highest BCUT2D eigenvalue weighted by Crippen LogP contribution is 2.35. The molecule has 4 aliphatic heterocycles. The van der Waals surface area contributed by atoms with Crippen molar-refractivity contribution >= 4 is 47.1 Å². The third-order valence-corrected chi connectivity index (χ3v) is 12.6. The van der Waals surface area contributed by atoms with Crippen LogP contribution in [0.1, 0.15) is 71.6 Å². The number of hydrogen-bond donors (Lipinski definition) is 3. The highest BCUT2D eigenvalue weighted by Gasteiger charge is 2.39. The van der Waals surface area contributed by atoms with E-state index in [0.29, 0.717) is 36.5 Å². The standard InChI is InChI=1S/C47H54BN5O6/c1-2-41(34-6-4-3-5-7-34)45(35-8-12-38(13-9-35)48(57)58)36-10-15-40(16-11-36)59-29-28-50-24-26-51(27-25-50)31-33-20-22-52(23-21-33)39-14-17-42-37(30-39)32-53(47(42)56)43-18-19-44(54)49-46(43)55/h3-17,30,33,43,57-58H,2,18-29,31-32H2,1H3,(H,49,54,55)/b45-41+/t43-/m0/s1. The van der Waals surface area contributed by atoms with Gasteiger partial charge in [0, 0.05) is 76.6 Å². The van der Waals surface area contributed by atoms with Crippen LogP contribution in [0.15, 0.2) is 97.1 Å². The van der Waals surface area contributed by atoms with Crippen molar-refractivity contribution < 1.29 is 29.2 Å². The van der Waals surface area contributed by atoms with Gasteiger partial charge in [0.1, 0.15) is 18.4 Å². The molecule has 0 radical (unpaired) electrons. The summed E-state index contributed by atoms with van der Waals surface area (Å²) in [4.78, 5) is 46.4. The summed E-state index contributed by atoms with van der Waals surface area (Å²) in [5, 5.41) is 21.7. The van der Waals surface area contributed by atoms with Crippen LogP contribution < -0.4 is 20.4 Å². The van der Waals surface area contributed by atoms with Crippen LogP contribution in [-0.4, -0.2) is 115 Å². The lowest BCUT2D eigenvalue weighted by atomic mass is 9.79. The van der Waals surface area contributed by atoms with E-state index in [1.165, 1.54) is 5.57 Å². The second-order valence-corrected chi connectivity index (χ2v) is 16.3. The highest BCUT2D eigenvalue weighted by atomic mass is 16.5. The fourth-order valence-electron chi connectivity index (χ4n) is 9.20. The van der Waals surface area contributed by atoms with E-state index >= 15 is 0 Å². The lowest BCUT2D eigenvalue weighted by Gasteiger charge is -2.39. The number of nitrogens with zero attached hydrogens (tertiary/aromatic N) is 4. The monoisotopic (exact) mass is 795 g/mol. The number of nitrogens with one attached hydrogen (secondary N) is 1. The predicted octanol–water partition coefficient (Wildman–Crippen LogP) is 4.41. The molecule has 59 heavy (non-hydrogen) atoms. The first-order chi connectivity index (χ1) is 28.7. The number of ether oxygens (including phenoxy) is 1. The van der Waals surface area contributed by atoms with Crippen molar-refractivity contribution in [2.24, 2.45) is 5.92 Å². The zero-order valence-corrected chi connectivity index (χ0v) is 33.9. The number of allylic oxidation sites excluding steroid dienone is 1. The molecule has 306 valence electrons. The average Bonchev–Trinajstić information content (AvgIpc) is 3.59. The minimum atomic E-state index is -1.50. The van der Waals surface area contributed by atoms with Crippen molar-refractivity contribution in [1.82, 2.24) is 20.0 Å². The first kappa shape index (κ1) is 40.5. The van der Waals surface area contributed by atoms with E-state index in [4.69, 9.17) is 4.74 Å².